The number of aromatic nitrogens is 4. The van der Waals surface area contributed by atoms with E-state index in [1.54, 1.807) is 11.8 Å². The Kier molecular flexibility index (Phi) is 6.81. The fraction of sp³-hybridized carbons (Fsp3) is 0.263. The van der Waals surface area contributed by atoms with Crippen molar-refractivity contribution in [3.63, 3.8) is 0 Å². The zero-order valence-electron chi connectivity index (χ0n) is 15.0. The number of hydrogen-bond donors (Lipinski definition) is 1. The van der Waals surface area contributed by atoms with Gasteiger partial charge in [0.2, 0.25) is 11.1 Å². The normalized spacial score (nSPS) is 10.6. The quantitative estimate of drug-likeness (QED) is 0.571. The van der Waals surface area contributed by atoms with E-state index in [0.717, 1.165) is 16.9 Å². The van der Waals surface area contributed by atoms with E-state index >= 15 is 0 Å². The van der Waals surface area contributed by atoms with Gasteiger partial charge >= 0.3 is 0 Å². The van der Waals surface area contributed by atoms with Crippen LogP contribution in [0.25, 0.3) is 0 Å². The predicted octanol–water partition coefficient (Wildman–Crippen LogP) is 2.18. The fourth-order valence-electron chi connectivity index (χ4n) is 2.58. The summed E-state index contributed by atoms with van der Waals surface area (Å²) in [5.74, 6) is 1.05. The minimum absolute atomic E-state index is 0.0517. The van der Waals surface area contributed by atoms with Crippen LogP contribution in [0.15, 0.2) is 59.8 Å². The van der Waals surface area contributed by atoms with Crippen LogP contribution in [0.3, 0.4) is 0 Å². The number of amides is 1. The lowest BCUT2D eigenvalue weighted by molar-refractivity contribution is -0.118. The minimum atomic E-state index is -0.0517. The van der Waals surface area contributed by atoms with Gasteiger partial charge in [-0.1, -0.05) is 60.3 Å². The van der Waals surface area contributed by atoms with E-state index in [2.05, 4.69) is 20.8 Å². The maximum Gasteiger partial charge on any atom is 0.230 e. The molecule has 2 aromatic carbocycles. The summed E-state index contributed by atoms with van der Waals surface area (Å²) in [5.41, 5.74) is 2.17. The molecule has 1 amide bonds. The lowest BCUT2D eigenvalue weighted by Gasteiger charge is -2.09. The van der Waals surface area contributed by atoms with E-state index in [-0.39, 0.29) is 11.7 Å². The zero-order valence-corrected chi connectivity index (χ0v) is 15.9. The molecule has 0 atom stereocenters. The van der Waals surface area contributed by atoms with Gasteiger partial charge < -0.3 is 10.1 Å². The van der Waals surface area contributed by atoms with Crippen molar-refractivity contribution >= 4 is 17.7 Å². The second-order valence-corrected chi connectivity index (χ2v) is 6.75. The van der Waals surface area contributed by atoms with E-state index in [1.807, 2.05) is 54.6 Å². The summed E-state index contributed by atoms with van der Waals surface area (Å²) < 4.78 is 7.02. The van der Waals surface area contributed by atoms with Crippen molar-refractivity contribution in [3.8, 4) is 5.75 Å². The highest BCUT2D eigenvalue weighted by molar-refractivity contribution is 7.99. The molecule has 7 nitrogen and oxygen atoms in total. The van der Waals surface area contributed by atoms with Crippen molar-refractivity contribution in [1.82, 2.24) is 25.5 Å². The van der Waals surface area contributed by atoms with Gasteiger partial charge in [0.05, 0.1) is 19.4 Å². The van der Waals surface area contributed by atoms with E-state index in [9.17, 15) is 4.79 Å². The number of para-hydroxylation sites is 1. The number of tetrazole rings is 1. The molecule has 0 aliphatic heterocycles. The van der Waals surface area contributed by atoms with Crippen LogP contribution in [0.2, 0.25) is 0 Å². The highest BCUT2D eigenvalue weighted by Gasteiger charge is 2.10. The first kappa shape index (κ1) is 18.9. The molecule has 1 aromatic heterocycles. The third-order valence-corrected chi connectivity index (χ3v) is 4.87. The van der Waals surface area contributed by atoms with Crippen LogP contribution in [0.1, 0.15) is 11.1 Å². The average Bonchev–Trinajstić information content (AvgIpc) is 3.14. The van der Waals surface area contributed by atoms with Gasteiger partial charge in [-0.25, -0.2) is 4.68 Å². The SMILES string of the molecule is COc1ccccc1CCNC(=O)CSc1nnnn1Cc1ccccc1. The average molecular weight is 383 g/mol. The number of nitrogens with zero attached hydrogens (tertiary/aromatic N) is 4. The number of ether oxygens (including phenoxy) is 1. The second-order valence-electron chi connectivity index (χ2n) is 5.81. The van der Waals surface area contributed by atoms with E-state index in [4.69, 9.17) is 4.74 Å². The van der Waals surface area contributed by atoms with Crippen LogP contribution in [-0.4, -0.2) is 45.5 Å². The Morgan fingerprint density at radius 1 is 1.15 bits per heavy atom. The van der Waals surface area contributed by atoms with Crippen LogP contribution >= 0.6 is 11.8 Å². The third kappa shape index (κ3) is 5.55. The van der Waals surface area contributed by atoms with Crippen LogP contribution in [0.4, 0.5) is 0 Å². The van der Waals surface area contributed by atoms with Gasteiger partial charge in [-0.2, -0.15) is 0 Å². The van der Waals surface area contributed by atoms with Gasteiger partial charge in [-0.15, -0.1) is 5.10 Å². The molecule has 0 radical (unpaired) electrons. The van der Waals surface area contributed by atoms with Crippen LogP contribution in [0.5, 0.6) is 5.75 Å². The van der Waals surface area contributed by atoms with Crippen LogP contribution in [0, 0.1) is 0 Å². The molecular weight excluding hydrogens is 362 g/mol. The topological polar surface area (TPSA) is 81.9 Å². The molecule has 1 N–H and O–H groups in total. The van der Waals surface area contributed by atoms with Crippen molar-refractivity contribution < 1.29 is 9.53 Å². The molecule has 3 rings (SSSR count). The molecule has 0 aliphatic carbocycles. The Bertz CT molecular complexity index is 869. The van der Waals surface area contributed by atoms with Crippen LogP contribution in [-0.2, 0) is 17.8 Å². The van der Waals surface area contributed by atoms with E-state index in [0.29, 0.717) is 24.7 Å². The lowest BCUT2D eigenvalue weighted by Crippen LogP contribution is -2.27. The third-order valence-electron chi connectivity index (χ3n) is 3.92. The van der Waals surface area contributed by atoms with Crippen molar-refractivity contribution in [2.75, 3.05) is 19.4 Å². The number of benzene rings is 2. The van der Waals surface area contributed by atoms with Gasteiger partial charge in [0, 0.05) is 6.54 Å². The summed E-state index contributed by atoms with van der Waals surface area (Å²) >= 11 is 1.33. The number of carbonyl (C=O) groups excluding carboxylic acids is 1. The minimum Gasteiger partial charge on any atom is -0.496 e. The molecule has 0 unspecified atom stereocenters. The molecule has 0 fully saturated rings. The molecule has 1 heterocycles. The smallest absolute Gasteiger partial charge is 0.230 e. The van der Waals surface area contributed by atoms with E-state index < -0.39 is 0 Å². The summed E-state index contributed by atoms with van der Waals surface area (Å²) in [6, 6.07) is 17.7. The summed E-state index contributed by atoms with van der Waals surface area (Å²) in [6.45, 7) is 1.13. The summed E-state index contributed by atoms with van der Waals surface area (Å²) in [4.78, 5) is 12.1. The molecule has 0 bridgehead atoms. The maximum absolute atomic E-state index is 12.1. The summed E-state index contributed by atoms with van der Waals surface area (Å²) in [5, 5.41) is 15.3. The van der Waals surface area contributed by atoms with Crippen LogP contribution < -0.4 is 10.1 Å². The Morgan fingerprint density at radius 3 is 2.74 bits per heavy atom. The first-order valence-corrected chi connectivity index (χ1v) is 9.56. The Hall–Kier alpha value is -2.87. The molecule has 0 spiro atoms. The standard InChI is InChI=1S/C19H21N5O2S/c1-26-17-10-6-5-9-16(17)11-12-20-18(25)14-27-19-21-22-23-24(19)13-15-7-3-2-4-8-15/h2-10H,11-14H2,1H3,(H,20,25). The molecule has 3 aromatic rings. The predicted molar refractivity (Wildman–Crippen MR) is 104 cm³/mol. The molecule has 0 saturated carbocycles. The van der Waals surface area contributed by atoms with Gasteiger partial charge in [0.15, 0.2) is 0 Å². The van der Waals surface area contributed by atoms with Gasteiger partial charge in [-0.05, 0) is 34.0 Å². The largest absolute Gasteiger partial charge is 0.496 e. The molecule has 0 aliphatic rings. The first-order valence-electron chi connectivity index (χ1n) is 8.57. The number of nitrogens with one attached hydrogen (secondary N) is 1. The highest BCUT2D eigenvalue weighted by atomic mass is 32.2. The number of thioether (sulfide) groups is 1. The Balaban J connectivity index is 1.45. The van der Waals surface area contributed by atoms with Gasteiger partial charge in [0.1, 0.15) is 5.75 Å². The summed E-state index contributed by atoms with van der Waals surface area (Å²) in [6.07, 6.45) is 0.714. The lowest BCUT2D eigenvalue weighted by atomic mass is 10.1. The number of hydrogen-bond acceptors (Lipinski definition) is 6. The molecule has 140 valence electrons. The maximum atomic E-state index is 12.1. The number of methoxy groups -OCH3 is 1. The second kappa shape index (κ2) is 9.72. The van der Waals surface area contributed by atoms with Crippen molar-refractivity contribution in [1.29, 1.82) is 0 Å². The first-order chi connectivity index (χ1) is 13.3. The molecule has 27 heavy (non-hydrogen) atoms. The zero-order chi connectivity index (χ0) is 18.9. The van der Waals surface area contributed by atoms with E-state index in [1.165, 1.54) is 11.8 Å². The van der Waals surface area contributed by atoms with Gasteiger partial charge in [0.25, 0.3) is 0 Å². The molecule has 0 saturated heterocycles. The highest BCUT2D eigenvalue weighted by Crippen LogP contribution is 2.17. The van der Waals surface area contributed by atoms with Crippen molar-refractivity contribution in [3.05, 3.63) is 65.7 Å². The Morgan fingerprint density at radius 2 is 1.93 bits per heavy atom. The summed E-state index contributed by atoms with van der Waals surface area (Å²) in [7, 11) is 1.65. The number of carbonyl (C=O) groups is 1. The number of rotatable bonds is 9. The van der Waals surface area contributed by atoms with Crippen molar-refractivity contribution in [2.24, 2.45) is 0 Å². The van der Waals surface area contributed by atoms with Gasteiger partial charge in [-0.3, -0.25) is 4.79 Å². The monoisotopic (exact) mass is 383 g/mol. The Labute approximate surface area is 162 Å². The molecular formula is C19H21N5O2S. The fourth-order valence-corrected chi connectivity index (χ4v) is 3.29. The molecule has 8 heteroatoms. The van der Waals surface area contributed by atoms with Crippen molar-refractivity contribution in [2.45, 2.75) is 18.1 Å².